The number of hydrogen-bond donors (Lipinski definition) is 2. The van der Waals surface area contributed by atoms with Crippen LogP contribution in [0.3, 0.4) is 0 Å². The summed E-state index contributed by atoms with van der Waals surface area (Å²) in [5, 5.41) is 20.8. The summed E-state index contributed by atoms with van der Waals surface area (Å²) in [5.41, 5.74) is 1.12. The summed E-state index contributed by atoms with van der Waals surface area (Å²) in [4.78, 5) is 0. The normalized spacial score (nSPS) is 30.3. The van der Waals surface area contributed by atoms with Crippen LogP contribution < -0.4 is 0 Å². The van der Waals surface area contributed by atoms with E-state index < -0.39 is 5.60 Å². The maximum absolute atomic E-state index is 10.6. The van der Waals surface area contributed by atoms with E-state index in [9.17, 15) is 10.2 Å². The standard InChI is InChI=1S/C23H34O4/c1-16(17-11-12-18-19(24)8-7-14-23(17,18)4)10-13-20(22(2,3)25)27-21-9-5-6-15-26-21/h7-8,11-12,14,16,20-21,24-25H,5-6,9-10,13,15H2,1-4H3/t16-,20?,21?,23+/m1/s1. The molecule has 2 unspecified atom stereocenters. The molecule has 3 rings (SSSR count). The van der Waals surface area contributed by atoms with Crippen molar-refractivity contribution in [3.8, 4) is 0 Å². The van der Waals surface area contributed by atoms with E-state index in [1.807, 2.05) is 26.0 Å². The van der Waals surface area contributed by atoms with Gasteiger partial charge >= 0.3 is 0 Å². The van der Waals surface area contributed by atoms with Crippen molar-refractivity contribution in [1.82, 2.24) is 0 Å². The minimum Gasteiger partial charge on any atom is -0.508 e. The highest BCUT2D eigenvalue weighted by Gasteiger charge is 2.40. The molecule has 150 valence electrons. The predicted octanol–water partition coefficient (Wildman–Crippen LogP) is 4.97. The first-order chi connectivity index (χ1) is 12.7. The first kappa shape index (κ1) is 20.4. The van der Waals surface area contributed by atoms with Gasteiger partial charge in [0, 0.05) is 17.6 Å². The maximum atomic E-state index is 10.6. The quantitative estimate of drug-likeness (QED) is 0.660. The molecule has 3 aliphatic rings. The SMILES string of the molecule is C[C@H](CCC(OC1CCCCO1)C(C)(C)O)C1=CC=C2C(O)=CC=C[C@]21C. The van der Waals surface area contributed by atoms with E-state index in [2.05, 4.69) is 26.0 Å². The van der Waals surface area contributed by atoms with Gasteiger partial charge in [-0.2, -0.15) is 0 Å². The summed E-state index contributed by atoms with van der Waals surface area (Å²) in [6.07, 6.45) is 14.3. The minimum atomic E-state index is -0.913. The molecule has 0 aromatic carbocycles. The number of aliphatic hydroxyl groups is 2. The van der Waals surface area contributed by atoms with Crippen LogP contribution in [0.15, 0.2) is 47.3 Å². The Balaban J connectivity index is 1.62. The highest BCUT2D eigenvalue weighted by molar-refractivity contribution is 5.55. The van der Waals surface area contributed by atoms with Crippen molar-refractivity contribution in [2.24, 2.45) is 11.3 Å². The van der Waals surface area contributed by atoms with E-state index in [0.717, 1.165) is 44.3 Å². The maximum Gasteiger partial charge on any atom is 0.158 e. The lowest BCUT2D eigenvalue weighted by Gasteiger charge is -2.36. The molecule has 2 N–H and O–H groups in total. The van der Waals surface area contributed by atoms with E-state index in [0.29, 0.717) is 11.7 Å². The molecule has 1 saturated heterocycles. The molecule has 2 aliphatic carbocycles. The lowest BCUT2D eigenvalue weighted by Crippen LogP contribution is -2.42. The second-order valence-corrected chi connectivity index (χ2v) is 8.87. The molecule has 0 amide bonds. The second kappa shape index (κ2) is 7.94. The van der Waals surface area contributed by atoms with Gasteiger partial charge < -0.3 is 19.7 Å². The summed E-state index contributed by atoms with van der Waals surface area (Å²) >= 11 is 0. The van der Waals surface area contributed by atoms with Crippen molar-refractivity contribution in [2.75, 3.05) is 6.61 Å². The summed E-state index contributed by atoms with van der Waals surface area (Å²) < 4.78 is 11.9. The van der Waals surface area contributed by atoms with Gasteiger partial charge in [-0.25, -0.2) is 0 Å². The van der Waals surface area contributed by atoms with Crippen LogP contribution >= 0.6 is 0 Å². The number of aliphatic hydroxyl groups excluding tert-OH is 1. The predicted molar refractivity (Wildman–Crippen MR) is 107 cm³/mol. The number of fused-ring (bicyclic) bond motifs is 1. The molecule has 0 bridgehead atoms. The molecule has 0 radical (unpaired) electrons. The van der Waals surface area contributed by atoms with Crippen LogP contribution in [0, 0.1) is 11.3 Å². The smallest absolute Gasteiger partial charge is 0.158 e. The Morgan fingerprint density at radius 2 is 2.04 bits per heavy atom. The van der Waals surface area contributed by atoms with E-state index >= 15 is 0 Å². The van der Waals surface area contributed by atoms with Gasteiger partial charge in [0.1, 0.15) is 5.76 Å². The summed E-state index contributed by atoms with van der Waals surface area (Å²) in [7, 11) is 0. The van der Waals surface area contributed by atoms with E-state index in [1.54, 1.807) is 6.08 Å². The molecule has 4 atom stereocenters. The van der Waals surface area contributed by atoms with Crippen LogP contribution in [0.1, 0.15) is 59.8 Å². The van der Waals surface area contributed by atoms with Crippen LogP contribution in [-0.2, 0) is 9.47 Å². The molecule has 1 fully saturated rings. The topological polar surface area (TPSA) is 58.9 Å². The van der Waals surface area contributed by atoms with Crippen molar-refractivity contribution in [3.05, 3.63) is 47.3 Å². The first-order valence-corrected chi connectivity index (χ1v) is 10.2. The van der Waals surface area contributed by atoms with Crippen molar-refractivity contribution >= 4 is 0 Å². The van der Waals surface area contributed by atoms with Crippen LogP contribution in [0.2, 0.25) is 0 Å². The van der Waals surface area contributed by atoms with Crippen LogP contribution in [0.4, 0.5) is 0 Å². The Morgan fingerprint density at radius 3 is 2.70 bits per heavy atom. The molecular weight excluding hydrogens is 340 g/mol. The fraction of sp³-hybridized carbons (Fsp3) is 0.652. The Labute approximate surface area is 163 Å². The molecule has 0 aromatic rings. The molecule has 0 aromatic heterocycles. The van der Waals surface area contributed by atoms with E-state index in [4.69, 9.17) is 9.47 Å². The van der Waals surface area contributed by atoms with Gasteiger partial charge in [0.05, 0.1) is 11.7 Å². The van der Waals surface area contributed by atoms with Crippen molar-refractivity contribution in [2.45, 2.75) is 77.8 Å². The Hall–Kier alpha value is -1.36. The minimum absolute atomic E-state index is 0.203. The van der Waals surface area contributed by atoms with Gasteiger partial charge in [-0.15, -0.1) is 0 Å². The van der Waals surface area contributed by atoms with Gasteiger partial charge in [-0.1, -0.05) is 36.8 Å². The molecular formula is C23H34O4. The van der Waals surface area contributed by atoms with Crippen molar-refractivity contribution in [3.63, 3.8) is 0 Å². The number of rotatable bonds is 7. The molecule has 27 heavy (non-hydrogen) atoms. The van der Waals surface area contributed by atoms with Gasteiger partial charge in [-0.05, 0) is 64.9 Å². The number of allylic oxidation sites excluding steroid dienone is 7. The first-order valence-electron chi connectivity index (χ1n) is 10.2. The van der Waals surface area contributed by atoms with Gasteiger partial charge in [0.25, 0.3) is 0 Å². The number of hydrogen-bond acceptors (Lipinski definition) is 4. The summed E-state index contributed by atoms with van der Waals surface area (Å²) in [5.74, 6) is 0.672. The Morgan fingerprint density at radius 1 is 1.26 bits per heavy atom. The molecule has 4 heteroatoms. The fourth-order valence-corrected chi connectivity index (χ4v) is 4.46. The van der Waals surface area contributed by atoms with Gasteiger partial charge in [0.2, 0.25) is 0 Å². The summed E-state index contributed by atoms with van der Waals surface area (Å²) in [6.45, 7) is 8.74. The lowest BCUT2D eigenvalue weighted by atomic mass is 9.70. The molecule has 0 saturated carbocycles. The average Bonchev–Trinajstić information content (AvgIpc) is 2.96. The molecule has 4 nitrogen and oxygen atoms in total. The van der Waals surface area contributed by atoms with Gasteiger partial charge in [0.15, 0.2) is 6.29 Å². The lowest BCUT2D eigenvalue weighted by molar-refractivity contribution is -0.223. The fourth-order valence-electron chi connectivity index (χ4n) is 4.46. The highest BCUT2D eigenvalue weighted by Crippen LogP contribution is 2.49. The monoisotopic (exact) mass is 374 g/mol. The summed E-state index contributed by atoms with van der Waals surface area (Å²) in [6, 6.07) is 0. The zero-order chi connectivity index (χ0) is 19.7. The van der Waals surface area contributed by atoms with Crippen LogP contribution in [0.25, 0.3) is 0 Å². The van der Waals surface area contributed by atoms with Crippen molar-refractivity contribution < 1.29 is 19.7 Å². The van der Waals surface area contributed by atoms with Crippen molar-refractivity contribution in [1.29, 1.82) is 0 Å². The zero-order valence-corrected chi connectivity index (χ0v) is 17.1. The third-order valence-electron chi connectivity index (χ3n) is 6.18. The largest absolute Gasteiger partial charge is 0.508 e. The highest BCUT2D eigenvalue weighted by atomic mass is 16.7. The van der Waals surface area contributed by atoms with E-state index in [-0.39, 0.29) is 17.8 Å². The molecule has 1 aliphatic heterocycles. The zero-order valence-electron chi connectivity index (χ0n) is 17.1. The second-order valence-electron chi connectivity index (χ2n) is 8.87. The van der Waals surface area contributed by atoms with Crippen LogP contribution in [-0.4, -0.2) is 34.8 Å². The Kier molecular flexibility index (Phi) is 5.99. The third kappa shape index (κ3) is 4.39. The average molecular weight is 375 g/mol. The molecule has 1 heterocycles. The number of ether oxygens (including phenoxy) is 2. The molecule has 0 spiro atoms. The van der Waals surface area contributed by atoms with E-state index in [1.165, 1.54) is 5.57 Å². The Bertz CT molecular complexity index is 658. The van der Waals surface area contributed by atoms with Gasteiger partial charge in [-0.3, -0.25) is 0 Å². The van der Waals surface area contributed by atoms with Crippen LogP contribution in [0.5, 0.6) is 0 Å². The third-order valence-corrected chi connectivity index (χ3v) is 6.18.